The zero-order chi connectivity index (χ0) is 15.7. The molecule has 0 atom stereocenters. The van der Waals surface area contributed by atoms with E-state index in [1.807, 2.05) is 0 Å². The molecule has 0 saturated heterocycles. The normalized spacial score (nSPS) is 10.9. The van der Waals surface area contributed by atoms with E-state index >= 15 is 0 Å². The highest BCUT2D eigenvalue weighted by atomic mass is 19.2. The maximum absolute atomic E-state index is 13.7. The van der Waals surface area contributed by atoms with Crippen molar-refractivity contribution in [1.82, 2.24) is 0 Å². The number of hydrogen-bond donors (Lipinski definition) is 2. The van der Waals surface area contributed by atoms with Gasteiger partial charge in [0.2, 0.25) is 0 Å². The first-order valence-electron chi connectivity index (χ1n) is 7.90. The lowest BCUT2D eigenvalue weighted by molar-refractivity contribution is 0.419. The Morgan fingerprint density at radius 3 is 2.00 bits per heavy atom. The topological polar surface area (TPSA) is 40.5 Å². The first-order valence-corrected chi connectivity index (χ1v) is 7.90. The minimum absolute atomic E-state index is 0.308. The van der Waals surface area contributed by atoms with Crippen molar-refractivity contribution in [2.24, 2.45) is 0 Å². The van der Waals surface area contributed by atoms with E-state index in [-0.39, 0.29) is 0 Å². The maximum atomic E-state index is 13.7. The molecule has 2 N–H and O–H groups in total. The van der Waals surface area contributed by atoms with Crippen LogP contribution < -0.4 is 5.46 Å². The van der Waals surface area contributed by atoms with E-state index in [0.717, 1.165) is 19.3 Å². The Morgan fingerprint density at radius 1 is 0.857 bits per heavy atom. The van der Waals surface area contributed by atoms with E-state index in [9.17, 15) is 8.78 Å². The number of halogens is 2. The highest BCUT2D eigenvalue weighted by Crippen LogP contribution is 2.15. The van der Waals surface area contributed by atoms with E-state index in [1.54, 1.807) is 0 Å². The molecule has 0 aliphatic carbocycles. The Balaban J connectivity index is 2.31. The van der Waals surface area contributed by atoms with Crippen molar-refractivity contribution < 1.29 is 18.8 Å². The van der Waals surface area contributed by atoms with Crippen molar-refractivity contribution in [2.75, 3.05) is 0 Å². The molecule has 0 aliphatic heterocycles. The summed E-state index contributed by atoms with van der Waals surface area (Å²) in [5.74, 6) is -2.11. The summed E-state index contributed by atoms with van der Waals surface area (Å²) in [6.07, 6.45) is 9.70. The third-order valence-electron chi connectivity index (χ3n) is 3.77. The fourth-order valence-corrected chi connectivity index (χ4v) is 2.45. The fraction of sp³-hybridized carbons (Fsp3) is 0.625. The second kappa shape index (κ2) is 9.90. The van der Waals surface area contributed by atoms with E-state index in [4.69, 9.17) is 10.0 Å². The molecular formula is C16H25BF2O2. The van der Waals surface area contributed by atoms with Crippen LogP contribution in [0.5, 0.6) is 0 Å². The van der Waals surface area contributed by atoms with E-state index in [1.165, 1.54) is 44.2 Å². The Hall–Kier alpha value is -0.935. The number of hydrogen-bond acceptors (Lipinski definition) is 2. The summed E-state index contributed by atoms with van der Waals surface area (Å²) in [4.78, 5) is 0. The zero-order valence-electron chi connectivity index (χ0n) is 12.7. The van der Waals surface area contributed by atoms with Crippen molar-refractivity contribution in [1.29, 1.82) is 0 Å². The first kappa shape index (κ1) is 18.1. The zero-order valence-corrected chi connectivity index (χ0v) is 12.7. The van der Waals surface area contributed by atoms with Gasteiger partial charge < -0.3 is 10.0 Å². The van der Waals surface area contributed by atoms with Gasteiger partial charge in [-0.25, -0.2) is 8.78 Å². The second-order valence-corrected chi connectivity index (χ2v) is 5.54. The molecule has 0 saturated carbocycles. The first-order chi connectivity index (χ1) is 10.1. The molecule has 2 nitrogen and oxygen atoms in total. The van der Waals surface area contributed by atoms with Crippen LogP contribution in [-0.4, -0.2) is 17.2 Å². The predicted octanol–water partition coefficient (Wildman–Crippen LogP) is 3.33. The van der Waals surface area contributed by atoms with Crippen LogP contribution in [0.2, 0.25) is 0 Å². The van der Waals surface area contributed by atoms with E-state index < -0.39 is 24.2 Å². The maximum Gasteiger partial charge on any atom is 0.491 e. The average molecular weight is 298 g/mol. The minimum Gasteiger partial charge on any atom is -0.423 e. The van der Waals surface area contributed by atoms with Gasteiger partial charge in [0.15, 0.2) is 11.6 Å². The molecule has 0 bridgehead atoms. The second-order valence-electron chi connectivity index (χ2n) is 5.54. The van der Waals surface area contributed by atoms with Crippen molar-refractivity contribution >= 4 is 12.6 Å². The van der Waals surface area contributed by atoms with Crippen LogP contribution in [0.3, 0.4) is 0 Å². The van der Waals surface area contributed by atoms with Crippen LogP contribution in [0, 0.1) is 11.6 Å². The van der Waals surface area contributed by atoms with Crippen LogP contribution in [0.4, 0.5) is 8.78 Å². The fourth-order valence-electron chi connectivity index (χ4n) is 2.45. The Bertz CT molecular complexity index is 425. The highest BCUT2D eigenvalue weighted by molar-refractivity contribution is 6.58. The monoisotopic (exact) mass is 298 g/mol. The van der Waals surface area contributed by atoms with Crippen LogP contribution >= 0.6 is 0 Å². The van der Waals surface area contributed by atoms with Crippen molar-refractivity contribution in [2.45, 2.75) is 64.7 Å². The van der Waals surface area contributed by atoms with Gasteiger partial charge in [0, 0.05) is 5.46 Å². The summed E-state index contributed by atoms with van der Waals surface area (Å²) in [5.41, 5.74) is -0.102. The molecule has 1 aromatic rings. The highest BCUT2D eigenvalue weighted by Gasteiger charge is 2.21. The van der Waals surface area contributed by atoms with E-state index in [2.05, 4.69) is 6.92 Å². The lowest BCUT2D eigenvalue weighted by Gasteiger charge is -2.08. The number of unbranched alkanes of at least 4 members (excludes halogenated alkanes) is 7. The van der Waals surface area contributed by atoms with Crippen molar-refractivity contribution in [3.8, 4) is 0 Å². The molecule has 1 rings (SSSR count). The van der Waals surface area contributed by atoms with Gasteiger partial charge in [0.1, 0.15) is 0 Å². The lowest BCUT2D eigenvalue weighted by Crippen LogP contribution is -2.33. The van der Waals surface area contributed by atoms with Gasteiger partial charge in [-0.3, -0.25) is 0 Å². The summed E-state index contributed by atoms with van der Waals surface area (Å²) in [6, 6.07) is 2.68. The Labute approximate surface area is 126 Å². The summed E-state index contributed by atoms with van der Waals surface area (Å²) in [5, 5.41) is 17.8. The minimum atomic E-state index is -1.98. The molecule has 1 aromatic carbocycles. The van der Waals surface area contributed by atoms with Crippen molar-refractivity contribution in [3.63, 3.8) is 0 Å². The largest absolute Gasteiger partial charge is 0.491 e. The molecule has 0 amide bonds. The molecule has 0 radical (unpaired) electrons. The van der Waals surface area contributed by atoms with Gasteiger partial charge in [0.25, 0.3) is 0 Å². The van der Waals surface area contributed by atoms with Crippen LogP contribution in [-0.2, 0) is 6.42 Å². The molecule has 0 aliphatic rings. The van der Waals surface area contributed by atoms with Gasteiger partial charge in [-0.2, -0.15) is 0 Å². The smallest absolute Gasteiger partial charge is 0.423 e. The summed E-state index contributed by atoms with van der Waals surface area (Å²) in [7, 11) is -1.98. The van der Waals surface area contributed by atoms with Crippen LogP contribution in [0.25, 0.3) is 0 Å². The standard InChI is InChI=1S/C16H25BF2O2/c1-2-3-4-5-6-7-8-9-10-13-11-12-14(17(20)21)16(19)15(13)18/h11-12,20-21H,2-10H2,1H3. The summed E-state index contributed by atoms with van der Waals surface area (Å²) in [6.45, 7) is 2.19. The van der Waals surface area contributed by atoms with Gasteiger partial charge in [0.05, 0.1) is 0 Å². The average Bonchev–Trinajstić information content (AvgIpc) is 2.45. The molecule has 118 valence electrons. The number of aryl methyl sites for hydroxylation is 1. The number of benzene rings is 1. The van der Waals surface area contributed by atoms with E-state index in [0.29, 0.717) is 12.0 Å². The van der Waals surface area contributed by atoms with Gasteiger partial charge in [-0.1, -0.05) is 64.0 Å². The lowest BCUT2D eigenvalue weighted by atomic mass is 9.79. The molecule has 0 spiro atoms. The van der Waals surface area contributed by atoms with Crippen LogP contribution in [0.15, 0.2) is 12.1 Å². The predicted molar refractivity (Wildman–Crippen MR) is 82.5 cm³/mol. The summed E-state index contributed by atoms with van der Waals surface area (Å²) >= 11 is 0. The van der Waals surface area contributed by atoms with Crippen LogP contribution in [0.1, 0.15) is 63.9 Å². The Kier molecular flexibility index (Phi) is 8.54. The number of rotatable bonds is 10. The van der Waals surface area contributed by atoms with Gasteiger partial charge in [-0.15, -0.1) is 0 Å². The third kappa shape index (κ3) is 6.14. The quantitative estimate of drug-likeness (QED) is 0.514. The third-order valence-corrected chi connectivity index (χ3v) is 3.77. The summed E-state index contributed by atoms with van der Waals surface area (Å²) < 4.78 is 27.3. The molecule has 0 heterocycles. The molecule has 0 aromatic heterocycles. The Morgan fingerprint density at radius 2 is 1.43 bits per heavy atom. The molecular weight excluding hydrogens is 273 g/mol. The molecule has 5 heteroatoms. The van der Waals surface area contributed by atoms with Crippen molar-refractivity contribution in [3.05, 3.63) is 29.3 Å². The molecule has 0 unspecified atom stereocenters. The SMILES string of the molecule is CCCCCCCCCCc1ccc(B(O)O)c(F)c1F. The van der Waals surface area contributed by atoms with Gasteiger partial charge >= 0.3 is 7.12 Å². The molecule has 21 heavy (non-hydrogen) atoms. The van der Waals surface area contributed by atoms with Gasteiger partial charge in [-0.05, 0) is 18.4 Å². The molecule has 0 fully saturated rings.